The molecule has 0 aromatic carbocycles. The Balaban J connectivity index is 3.88. The highest BCUT2D eigenvalue weighted by Crippen LogP contribution is 2.36. The quantitative estimate of drug-likeness (QED) is 0.322. The van der Waals surface area contributed by atoms with Crippen molar-refractivity contribution in [1.82, 2.24) is 5.32 Å². The first-order chi connectivity index (χ1) is 9.10. The highest BCUT2D eigenvalue weighted by atomic mass is 28.4. The molecule has 0 spiro atoms. The van der Waals surface area contributed by atoms with Crippen LogP contribution in [-0.2, 0) is 9.16 Å². The predicted octanol–water partition coefficient (Wildman–Crippen LogP) is 3.57. The van der Waals surface area contributed by atoms with Crippen molar-refractivity contribution in [1.29, 1.82) is 0 Å². The van der Waals surface area contributed by atoms with E-state index < -0.39 is 8.32 Å². The Morgan fingerprint density at radius 3 is 2.40 bits per heavy atom. The van der Waals surface area contributed by atoms with Crippen molar-refractivity contribution in [2.45, 2.75) is 52.8 Å². The van der Waals surface area contributed by atoms with Crippen molar-refractivity contribution < 1.29 is 9.16 Å². The molecule has 0 heterocycles. The normalized spacial score (nSPS) is 13.4. The van der Waals surface area contributed by atoms with Crippen LogP contribution in [0, 0.1) is 0 Å². The molecule has 118 valence electrons. The molecule has 4 nitrogen and oxygen atoms in total. The van der Waals surface area contributed by atoms with Crippen LogP contribution in [0.4, 0.5) is 0 Å². The minimum Gasteiger partial charge on any atom is -0.481 e. The Hall–Kier alpha value is -0.653. The van der Waals surface area contributed by atoms with Crippen LogP contribution in [-0.4, -0.2) is 40.5 Å². The van der Waals surface area contributed by atoms with E-state index in [1.165, 1.54) is 0 Å². The summed E-state index contributed by atoms with van der Waals surface area (Å²) < 4.78 is 11.3. The monoisotopic (exact) mass is 300 g/mol. The molecule has 5 heteroatoms. The first-order valence-electron chi connectivity index (χ1n) is 7.30. The van der Waals surface area contributed by atoms with Gasteiger partial charge in [-0.15, -0.1) is 0 Å². The van der Waals surface area contributed by atoms with Crippen molar-refractivity contribution >= 4 is 14.2 Å². The van der Waals surface area contributed by atoms with E-state index in [1.54, 1.807) is 0 Å². The topological polar surface area (TPSA) is 42.8 Å². The van der Waals surface area contributed by atoms with Gasteiger partial charge in [-0.3, -0.25) is 0 Å². The molecule has 20 heavy (non-hydrogen) atoms. The maximum absolute atomic E-state index is 6.08. The Kier molecular flexibility index (Phi) is 8.31. The van der Waals surface area contributed by atoms with Crippen LogP contribution in [0.5, 0.6) is 0 Å². The summed E-state index contributed by atoms with van der Waals surface area (Å²) in [7, 11) is -1.63. The summed E-state index contributed by atoms with van der Waals surface area (Å²) in [4.78, 5) is 4.26. The average Bonchev–Trinajstić information content (AvgIpc) is 2.26. The fourth-order valence-corrected chi connectivity index (χ4v) is 2.38. The van der Waals surface area contributed by atoms with Gasteiger partial charge in [0, 0.05) is 26.6 Å². The minimum absolute atomic E-state index is 0.259. The van der Waals surface area contributed by atoms with E-state index in [9.17, 15) is 0 Å². The first kappa shape index (κ1) is 19.3. The maximum atomic E-state index is 6.08. The van der Waals surface area contributed by atoms with E-state index >= 15 is 0 Å². The summed E-state index contributed by atoms with van der Waals surface area (Å²) in [6, 6.07) is 0. The van der Waals surface area contributed by atoms with E-state index in [0.717, 1.165) is 18.8 Å². The molecule has 0 aromatic rings. The number of nitrogens with zero attached hydrogens (tertiary/aromatic N) is 1. The molecule has 0 amide bonds. The molecular formula is C15H32N2O2Si. The van der Waals surface area contributed by atoms with Gasteiger partial charge in [-0.05, 0) is 25.1 Å². The average molecular weight is 301 g/mol. The molecule has 0 aliphatic heterocycles. The van der Waals surface area contributed by atoms with Crippen molar-refractivity contribution in [2.24, 2.45) is 4.99 Å². The van der Waals surface area contributed by atoms with Gasteiger partial charge in [0.15, 0.2) is 14.2 Å². The van der Waals surface area contributed by atoms with Crippen LogP contribution < -0.4 is 5.32 Å². The molecule has 0 saturated carbocycles. The third-order valence-corrected chi connectivity index (χ3v) is 8.08. The molecule has 0 aliphatic carbocycles. The molecule has 0 bridgehead atoms. The van der Waals surface area contributed by atoms with Gasteiger partial charge in [0.1, 0.15) is 0 Å². The number of hydrogen-bond acceptors (Lipinski definition) is 4. The zero-order chi connectivity index (χ0) is 15.8. The molecule has 1 N–H and O–H groups in total. The zero-order valence-corrected chi connectivity index (χ0v) is 15.3. The van der Waals surface area contributed by atoms with Crippen molar-refractivity contribution in [3.05, 3.63) is 12.3 Å². The lowest BCUT2D eigenvalue weighted by molar-refractivity contribution is 0.287. The standard InChI is InChI=1S/C15H32N2O2Si/c1-9-18-14(3)17-13(2)12-16-10-11-19-20(7,8)15(4,5)6/h16H,2,9-12H2,1,3-8H3. The van der Waals surface area contributed by atoms with Gasteiger partial charge in [0.05, 0.1) is 12.3 Å². The van der Waals surface area contributed by atoms with Crippen LogP contribution in [0.3, 0.4) is 0 Å². The third kappa shape index (κ3) is 7.82. The van der Waals surface area contributed by atoms with E-state index in [1.807, 2.05) is 13.8 Å². The van der Waals surface area contributed by atoms with Gasteiger partial charge < -0.3 is 14.5 Å². The van der Waals surface area contributed by atoms with Crippen LogP contribution in [0.2, 0.25) is 18.1 Å². The minimum atomic E-state index is -1.63. The number of ether oxygens (including phenoxy) is 1. The lowest BCUT2D eigenvalue weighted by Gasteiger charge is -2.36. The van der Waals surface area contributed by atoms with E-state index in [2.05, 4.69) is 50.8 Å². The second kappa shape index (κ2) is 8.59. The lowest BCUT2D eigenvalue weighted by atomic mass is 10.2. The maximum Gasteiger partial charge on any atom is 0.192 e. The molecule has 0 saturated heterocycles. The zero-order valence-electron chi connectivity index (χ0n) is 14.3. The second-order valence-corrected chi connectivity index (χ2v) is 11.2. The fourth-order valence-electron chi connectivity index (χ4n) is 1.33. The number of aliphatic imine (C=N–C) groups is 1. The van der Waals surface area contributed by atoms with E-state index in [0.29, 0.717) is 19.0 Å². The largest absolute Gasteiger partial charge is 0.481 e. The van der Waals surface area contributed by atoms with Gasteiger partial charge in [-0.25, -0.2) is 4.99 Å². The number of hydrogen-bond donors (Lipinski definition) is 1. The van der Waals surface area contributed by atoms with Crippen molar-refractivity contribution in [3.63, 3.8) is 0 Å². The van der Waals surface area contributed by atoms with Crippen LogP contribution in [0.1, 0.15) is 34.6 Å². The second-order valence-electron chi connectivity index (χ2n) is 6.42. The molecule has 0 rings (SSSR count). The molecule has 0 radical (unpaired) electrons. The van der Waals surface area contributed by atoms with Gasteiger partial charge in [0.25, 0.3) is 0 Å². The van der Waals surface area contributed by atoms with Gasteiger partial charge in [-0.2, -0.15) is 0 Å². The molecule has 0 aromatic heterocycles. The Labute approximate surface area is 125 Å². The van der Waals surface area contributed by atoms with Crippen LogP contribution in [0.15, 0.2) is 17.3 Å². The summed E-state index contributed by atoms with van der Waals surface area (Å²) in [5.74, 6) is 0.664. The van der Waals surface area contributed by atoms with Gasteiger partial charge >= 0.3 is 0 Å². The number of nitrogens with one attached hydrogen (secondary N) is 1. The lowest BCUT2D eigenvalue weighted by Crippen LogP contribution is -2.42. The van der Waals surface area contributed by atoms with E-state index in [4.69, 9.17) is 9.16 Å². The predicted molar refractivity (Wildman–Crippen MR) is 89.9 cm³/mol. The van der Waals surface area contributed by atoms with Crippen molar-refractivity contribution in [2.75, 3.05) is 26.3 Å². The first-order valence-corrected chi connectivity index (χ1v) is 10.2. The summed E-state index contributed by atoms with van der Waals surface area (Å²) in [6.07, 6.45) is 0. The summed E-state index contributed by atoms with van der Waals surface area (Å²) in [5.41, 5.74) is 0.781. The third-order valence-electron chi connectivity index (χ3n) is 3.55. The van der Waals surface area contributed by atoms with Crippen molar-refractivity contribution in [3.8, 4) is 0 Å². The molecule has 0 fully saturated rings. The summed E-state index contributed by atoms with van der Waals surface area (Å²) in [6.45, 7) is 21.8. The fraction of sp³-hybridized carbons (Fsp3) is 0.800. The van der Waals surface area contributed by atoms with Crippen LogP contribution in [0.25, 0.3) is 0 Å². The highest BCUT2D eigenvalue weighted by molar-refractivity contribution is 6.74. The summed E-state index contributed by atoms with van der Waals surface area (Å²) in [5, 5.41) is 3.55. The molecular weight excluding hydrogens is 268 g/mol. The smallest absolute Gasteiger partial charge is 0.192 e. The molecule has 0 aliphatic rings. The summed E-state index contributed by atoms with van der Waals surface area (Å²) >= 11 is 0. The molecule has 0 atom stereocenters. The Morgan fingerprint density at radius 2 is 1.90 bits per heavy atom. The van der Waals surface area contributed by atoms with Gasteiger partial charge in [0.2, 0.25) is 0 Å². The number of rotatable bonds is 8. The SMILES string of the molecule is C=C(CNCCO[Si](C)(C)C(C)(C)C)N=C(C)OCC. The molecule has 0 unspecified atom stereocenters. The highest BCUT2D eigenvalue weighted by Gasteiger charge is 2.36. The van der Waals surface area contributed by atoms with Gasteiger partial charge in [-0.1, -0.05) is 27.4 Å². The Bertz CT molecular complexity index is 333. The van der Waals surface area contributed by atoms with Crippen LogP contribution >= 0.6 is 0 Å². The van der Waals surface area contributed by atoms with E-state index in [-0.39, 0.29) is 5.04 Å². The Morgan fingerprint density at radius 1 is 1.30 bits per heavy atom.